The van der Waals surface area contributed by atoms with Crippen LogP contribution in [0.3, 0.4) is 0 Å². The molecule has 5 rings (SSSR count). The lowest BCUT2D eigenvalue weighted by Crippen LogP contribution is -2.21. The molecule has 4 N–H and O–H groups in total. The van der Waals surface area contributed by atoms with Gasteiger partial charge in [0.2, 0.25) is 10.3 Å². The van der Waals surface area contributed by atoms with Crippen molar-refractivity contribution < 1.29 is 15.0 Å². The molecule has 0 saturated heterocycles. The van der Waals surface area contributed by atoms with Gasteiger partial charge in [-0.05, 0) is 37.3 Å². The van der Waals surface area contributed by atoms with Gasteiger partial charge >= 0.3 is 0 Å². The molecule has 0 bridgehead atoms. The van der Waals surface area contributed by atoms with Gasteiger partial charge in [0, 0.05) is 18.3 Å². The molecular formula is C27H30N6O3S2. The van der Waals surface area contributed by atoms with E-state index in [1.807, 2.05) is 31.2 Å². The maximum absolute atomic E-state index is 12.5. The lowest BCUT2D eigenvalue weighted by Gasteiger charge is -2.25. The predicted octanol–water partition coefficient (Wildman–Crippen LogP) is 4.78. The molecule has 198 valence electrons. The molecular weight excluding hydrogens is 520 g/mol. The van der Waals surface area contributed by atoms with E-state index < -0.39 is 18.2 Å². The van der Waals surface area contributed by atoms with Crippen molar-refractivity contribution in [2.75, 3.05) is 10.6 Å². The zero-order valence-corrected chi connectivity index (χ0v) is 22.6. The summed E-state index contributed by atoms with van der Waals surface area (Å²) in [5.41, 5.74) is 2.75. The molecule has 1 saturated carbocycles. The van der Waals surface area contributed by atoms with E-state index in [9.17, 15) is 15.0 Å². The van der Waals surface area contributed by atoms with E-state index in [-0.39, 0.29) is 11.8 Å². The van der Waals surface area contributed by atoms with E-state index >= 15 is 0 Å². The number of aliphatic hydroxyl groups excluding tert-OH is 2. The molecule has 11 heteroatoms. The van der Waals surface area contributed by atoms with Crippen molar-refractivity contribution >= 4 is 38.8 Å². The number of hydrogen-bond acceptors (Lipinski definition) is 10. The maximum Gasteiger partial charge on any atom is 0.259 e. The Balaban J connectivity index is 1.16. The molecule has 38 heavy (non-hydrogen) atoms. The van der Waals surface area contributed by atoms with Gasteiger partial charge in [0.25, 0.3) is 5.91 Å². The zero-order chi connectivity index (χ0) is 26.5. The Hall–Kier alpha value is -3.25. The first-order valence-electron chi connectivity index (χ1n) is 12.7. The minimum absolute atomic E-state index is 0.211. The van der Waals surface area contributed by atoms with Crippen LogP contribution in [-0.4, -0.2) is 42.7 Å². The highest BCUT2D eigenvalue weighted by atomic mass is 32.1. The van der Waals surface area contributed by atoms with E-state index in [4.69, 9.17) is 0 Å². The van der Waals surface area contributed by atoms with Crippen molar-refractivity contribution in [3.8, 4) is 0 Å². The third kappa shape index (κ3) is 6.60. The molecule has 9 nitrogen and oxygen atoms in total. The number of aryl methyl sites for hydroxylation is 1. The van der Waals surface area contributed by atoms with Crippen molar-refractivity contribution in [1.82, 2.24) is 20.4 Å². The first kappa shape index (κ1) is 26.4. The molecule has 2 aromatic heterocycles. The summed E-state index contributed by atoms with van der Waals surface area (Å²) in [6, 6.07) is 16.9. The van der Waals surface area contributed by atoms with Crippen LogP contribution in [0.25, 0.3) is 0 Å². The largest absolute Gasteiger partial charge is 0.378 e. The fraction of sp³-hybridized carbons (Fsp3) is 0.370. The maximum atomic E-state index is 12.5. The summed E-state index contributed by atoms with van der Waals surface area (Å²) >= 11 is 2.83. The number of nitrogens with zero attached hydrogens (tertiary/aromatic N) is 4. The molecule has 1 fully saturated rings. The third-order valence-electron chi connectivity index (χ3n) is 6.65. The van der Waals surface area contributed by atoms with Crippen molar-refractivity contribution in [2.45, 2.75) is 63.2 Å². The van der Waals surface area contributed by atoms with E-state index in [2.05, 4.69) is 37.1 Å². The topological polar surface area (TPSA) is 133 Å². The van der Waals surface area contributed by atoms with Gasteiger partial charge in [-0.25, -0.2) is 0 Å². The highest BCUT2D eigenvalue weighted by Crippen LogP contribution is 2.43. The second kappa shape index (κ2) is 12.1. The smallest absolute Gasteiger partial charge is 0.259 e. The Kier molecular flexibility index (Phi) is 8.38. The minimum Gasteiger partial charge on any atom is -0.378 e. The number of amides is 1. The number of rotatable bonds is 9. The predicted molar refractivity (Wildman–Crippen MR) is 148 cm³/mol. The second-order valence-electron chi connectivity index (χ2n) is 9.61. The van der Waals surface area contributed by atoms with Crippen LogP contribution in [0.5, 0.6) is 0 Å². The fourth-order valence-corrected chi connectivity index (χ4v) is 6.59. The number of aromatic nitrogens is 4. The van der Waals surface area contributed by atoms with E-state index in [1.165, 1.54) is 22.7 Å². The molecule has 0 spiro atoms. The summed E-state index contributed by atoms with van der Waals surface area (Å²) in [7, 11) is 0. The monoisotopic (exact) mass is 550 g/mol. The van der Waals surface area contributed by atoms with Crippen molar-refractivity contribution in [1.29, 1.82) is 0 Å². The first-order valence-corrected chi connectivity index (χ1v) is 14.3. The van der Waals surface area contributed by atoms with Crippen molar-refractivity contribution in [2.24, 2.45) is 0 Å². The van der Waals surface area contributed by atoms with Crippen LogP contribution in [0.15, 0.2) is 54.6 Å². The van der Waals surface area contributed by atoms with Crippen molar-refractivity contribution in [3.63, 3.8) is 0 Å². The van der Waals surface area contributed by atoms with Gasteiger partial charge < -0.3 is 15.5 Å². The Morgan fingerprint density at radius 3 is 2.34 bits per heavy atom. The SMILES string of the molecule is Cc1cccc(CC(O)Nc2nnc([C@H]3CCCC(c4nnc(NC(=O)[C@H](O)c5ccccc5)s4)C3)s2)c1. The Morgan fingerprint density at radius 1 is 0.947 bits per heavy atom. The van der Waals surface area contributed by atoms with Crippen LogP contribution >= 0.6 is 22.7 Å². The van der Waals surface area contributed by atoms with Gasteiger partial charge in [-0.1, -0.05) is 89.3 Å². The van der Waals surface area contributed by atoms with E-state index in [0.29, 0.717) is 22.2 Å². The molecule has 1 aliphatic carbocycles. The molecule has 2 unspecified atom stereocenters. The fourth-order valence-electron chi connectivity index (χ4n) is 4.76. The lowest BCUT2D eigenvalue weighted by atomic mass is 9.82. The van der Waals surface area contributed by atoms with Gasteiger partial charge in [0.1, 0.15) is 16.2 Å². The zero-order valence-electron chi connectivity index (χ0n) is 20.9. The van der Waals surface area contributed by atoms with Gasteiger partial charge in [0.05, 0.1) is 0 Å². The molecule has 0 aliphatic heterocycles. The van der Waals surface area contributed by atoms with Crippen LogP contribution in [0, 0.1) is 6.92 Å². The number of carbonyl (C=O) groups excluding carboxylic acids is 1. The van der Waals surface area contributed by atoms with E-state index in [0.717, 1.165) is 46.8 Å². The highest BCUT2D eigenvalue weighted by molar-refractivity contribution is 7.15. The van der Waals surface area contributed by atoms with Crippen molar-refractivity contribution in [3.05, 3.63) is 81.3 Å². The van der Waals surface area contributed by atoms with Crippen LogP contribution in [0.1, 0.15) is 70.3 Å². The van der Waals surface area contributed by atoms with Gasteiger partial charge in [-0.15, -0.1) is 20.4 Å². The number of benzene rings is 2. The number of nitrogens with one attached hydrogen (secondary N) is 2. The number of carbonyl (C=O) groups is 1. The first-order chi connectivity index (χ1) is 18.4. The molecule has 4 atom stereocenters. The molecule has 2 aromatic carbocycles. The number of hydrogen-bond donors (Lipinski definition) is 4. The summed E-state index contributed by atoms with van der Waals surface area (Å²) in [4.78, 5) is 12.5. The van der Waals surface area contributed by atoms with Gasteiger partial charge in [-0.2, -0.15) is 0 Å². The average Bonchev–Trinajstić information content (AvgIpc) is 3.59. The third-order valence-corrected chi connectivity index (χ3v) is 8.67. The van der Waals surface area contributed by atoms with Gasteiger partial charge in [-0.3, -0.25) is 10.1 Å². The average molecular weight is 551 g/mol. The van der Waals surface area contributed by atoms with Crippen LogP contribution < -0.4 is 10.6 Å². The standard InChI is InChI=1S/C27H30N6O3S2/c1-16-7-5-8-17(13-16)14-21(34)28-26-32-30-24(37-26)19-11-6-12-20(15-19)25-31-33-27(38-25)29-23(36)22(35)18-9-3-2-4-10-18/h2-5,7-10,13,19-22,34-35H,6,11-12,14-15H2,1H3,(H,28,32)(H,29,33,36)/t19-,20?,21?,22+/m0/s1. The van der Waals surface area contributed by atoms with E-state index in [1.54, 1.807) is 24.3 Å². The molecule has 4 aromatic rings. The molecule has 1 aliphatic rings. The molecule has 1 amide bonds. The minimum atomic E-state index is -1.27. The van der Waals surface area contributed by atoms with Crippen LogP contribution in [-0.2, 0) is 11.2 Å². The Labute approximate surface area is 229 Å². The second-order valence-corrected chi connectivity index (χ2v) is 11.6. The quantitative estimate of drug-likeness (QED) is 0.219. The summed E-state index contributed by atoms with van der Waals surface area (Å²) in [6.45, 7) is 2.03. The lowest BCUT2D eigenvalue weighted by molar-refractivity contribution is -0.124. The normalized spacial score (nSPS) is 19.0. The summed E-state index contributed by atoms with van der Waals surface area (Å²) < 4.78 is 0. The molecule has 2 heterocycles. The number of anilines is 2. The summed E-state index contributed by atoms with van der Waals surface area (Å²) in [6.07, 6.45) is 2.39. The Bertz CT molecular complexity index is 1360. The van der Waals surface area contributed by atoms with Crippen LogP contribution in [0.2, 0.25) is 0 Å². The van der Waals surface area contributed by atoms with Gasteiger partial charge in [0.15, 0.2) is 6.10 Å². The molecule has 0 radical (unpaired) electrons. The number of aliphatic hydroxyl groups is 2. The summed E-state index contributed by atoms with van der Waals surface area (Å²) in [5.74, 6) is -0.0698. The highest BCUT2D eigenvalue weighted by Gasteiger charge is 2.30. The van der Waals surface area contributed by atoms with Crippen LogP contribution in [0.4, 0.5) is 10.3 Å². The Morgan fingerprint density at radius 2 is 1.63 bits per heavy atom. The summed E-state index contributed by atoms with van der Waals surface area (Å²) in [5, 5.41) is 46.5.